The molecule has 3 nitrogen and oxygen atoms in total. The summed E-state index contributed by atoms with van der Waals surface area (Å²) in [4.78, 5) is 0. The predicted octanol–water partition coefficient (Wildman–Crippen LogP) is 2.24. The average Bonchev–Trinajstić information content (AvgIpc) is 2.40. The molecule has 2 N–H and O–H groups in total. The number of phenolic OH excluding ortho intramolecular Hbond substituents is 1. The predicted molar refractivity (Wildman–Crippen MR) is 71.0 cm³/mol. The third-order valence-corrected chi connectivity index (χ3v) is 4.15. The number of aromatic hydroxyl groups is 1. The lowest BCUT2D eigenvalue weighted by Gasteiger charge is -2.30. The summed E-state index contributed by atoms with van der Waals surface area (Å²) in [6.45, 7) is 4.55. The minimum Gasteiger partial charge on any atom is -0.508 e. The van der Waals surface area contributed by atoms with Gasteiger partial charge in [-0.3, -0.25) is 0 Å². The summed E-state index contributed by atoms with van der Waals surface area (Å²) in [6, 6.07) is 1.91. The van der Waals surface area contributed by atoms with Gasteiger partial charge in [-0.2, -0.15) is 0 Å². The number of benzene rings is 1. The van der Waals surface area contributed by atoms with Crippen LogP contribution in [0.3, 0.4) is 0 Å². The molecular weight excluding hydrogens is 226 g/mol. The Morgan fingerprint density at radius 1 is 1.28 bits per heavy atom. The highest BCUT2D eigenvalue weighted by Crippen LogP contribution is 2.38. The van der Waals surface area contributed by atoms with Crippen molar-refractivity contribution in [3.05, 3.63) is 28.3 Å². The smallest absolute Gasteiger partial charge is 0.121 e. The number of ether oxygens (including phenoxy) is 1. The summed E-state index contributed by atoms with van der Waals surface area (Å²) in [7, 11) is 0. The van der Waals surface area contributed by atoms with Crippen LogP contribution in [-0.2, 0) is 17.6 Å². The molecule has 0 aromatic heterocycles. The molecule has 3 heteroatoms. The number of phenols is 1. The Labute approximate surface area is 108 Å². The van der Waals surface area contributed by atoms with E-state index in [9.17, 15) is 5.11 Å². The van der Waals surface area contributed by atoms with Gasteiger partial charge in [0.1, 0.15) is 5.75 Å². The molecule has 1 aromatic carbocycles. The lowest BCUT2D eigenvalue weighted by Crippen LogP contribution is -2.34. The minimum atomic E-state index is 0.0196. The zero-order valence-corrected chi connectivity index (χ0v) is 11.0. The minimum absolute atomic E-state index is 0.0196. The fourth-order valence-electron chi connectivity index (χ4n) is 3.27. The first-order chi connectivity index (χ1) is 8.77. The van der Waals surface area contributed by atoms with Crippen molar-refractivity contribution >= 4 is 0 Å². The second-order valence-electron chi connectivity index (χ2n) is 5.35. The number of hydrogen-bond acceptors (Lipinski definition) is 3. The van der Waals surface area contributed by atoms with Crippen LogP contribution in [0.25, 0.3) is 0 Å². The van der Waals surface area contributed by atoms with Gasteiger partial charge in [-0.15, -0.1) is 0 Å². The molecule has 1 fully saturated rings. The van der Waals surface area contributed by atoms with E-state index in [1.807, 2.05) is 6.07 Å². The maximum Gasteiger partial charge on any atom is 0.121 e. The van der Waals surface area contributed by atoms with Crippen LogP contribution < -0.4 is 5.32 Å². The first kappa shape index (κ1) is 12.0. The Hall–Kier alpha value is -1.06. The summed E-state index contributed by atoms with van der Waals surface area (Å²) in [6.07, 6.45) is 4.74. The van der Waals surface area contributed by atoms with E-state index < -0.39 is 0 Å². The van der Waals surface area contributed by atoms with Gasteiger partial charge in [0.05, 0.1) is 12.7 Å². The van der Waals surface area contributed by atoms with Crippen molar-refractivity contribution in [1.29, 1.82) is 0 Å². The molecule has 3 rings (SSSR count). The van der Waals surface area contributed by atoms with Gasteiger partial charge in [0.2, 0.25) is 0 Å². The number of fused-ring (bicyclic) bond motifs is 1. The molecule has 0 bridgehead atoms. The van der Waals surface area contributed by atoms with E-state index >= 15 is 0 Å². The molecule has 98 valence electrons. The van der Waals surface area contributed by atoms with Crippen LogP contribution in [0.2, 0.25) is 0 Å². The second-order valence-corrected chi connectivity index (χ2v) is 5.35. The molecule has 1 aliphatic carbocycles. The SMILES string of the molecule is Cc1cc(O)c(C2CNCCO2)c2c1CCCC2. The molecule has 0 saturated carbocycles. The third-order valence-electron chi connectivity index (χ3n) is 4.15. The van der Waals surface area contributed by atoms with E-state index in [1.54, 1.807) is 0 Å². The molecule has 1 unspecified atom stereocenters. The van der Waals surface area contributed by atoms with E-state index in [-0.39, 0.29) is 6.10 Å². The van der Waals surface area contributed by atoms with Crippen molar-refractivity contribution in [1.82, 2.24) is 5.32 Å². The van der Waals surface area contributed by atoms with Crippen molar-refractivity contribution in [2.24, 2.45) is 0 Å². The average molecular weight is 247 g/mol. The first-order valence-corrected chi connectivity index (χ1v) is 6.94. The molecule has 0 amide bonds. The van der Waals surface area contributed by atoms with Crippen molar-refractivity contribution in [2.75, 3.05) is 19.7 Å². The Morgan fingerprint density at radius 3 is 2.78 bits per heavy atom. The molecule has 1 saturated heterocycles. The Bertz CT molecular complexity index is 450. The molecule has 1 atom stereocenters. The first-order valence-electron chi connectivity index (χ1n) is 6.94. The van der Waals surface area contributed by atoms with Gasteiger partial charge in [0.25, 0.3) is 0 Å². The quantitative estimate of drug-likeness (QED) is 0.799. The number of nitrogens with one attached hydrogen (secondary N) is 1. The van der Waals surface area contributed by atoms with Gasteiger partial charge < -0.3 is 15.2 Å². The number of aryl methyl sites for hydroxylation is 1. The van der Waals surface area contributed by atoms with Crippen molar-refractivity contribution in [3.63, 3.8) is 0 Å². The summed E-state index contributed by atoms with van der Waals surface area (Å²) in [5, 5.41) is 13.6. The summed E-state index contributed by atoms with van der Waals surface area (Å²) >= 11 is 0. The number of rotatable bonds is 1. The van der Waals surface area contributed by atoms with Gasteiger partial charge in [-0.05, 0) is 55.4 Å². The fourth-order valence-corrected chi connectivity index (χ4v) is 3.27. The van der Waals surface area contributed by atoms with Crippen LogP contribution in [0, 0.1) is 6.92 Å². The maximum absolute atomic E-state index is 10.3. The molecule has 0 spiro atoms. The standard InChI is InChI=1S/C15H21NO2/c1-10-8-13(17)15(14-9-16-6-7-18-14)12-5-3-2-4-11(10)12/h8,14,16-17H,2-7,9H2,1H3. The number of hydrogen-bond donors (Lipinski definition) is 2. The maximum atomic E-state index is 10.3. The molecule has 1 aromatic rings. The largest absolute Gasteiger partial charge is 0.508 e. The van der Waals surface area contributed by atoms with Gasteiger partial charge in [-0.1, -0.05) is 0 Å². The van der Waals surface area contributed by atoms with Crippen LogP contribution in [0.4, 0.5) is 0 Å². The van der Waals surface area contributed by atoms with Crippen molar-refractivity contribution in [2.45, 2.75) is 38.7 Å². The normalized spacial score (nSPS) is 23.7. The fraction of sp³-hybridized carbons (Fsp3) is 0.600. The summed E-state index contributed by atoms with van der Waals surface area (Å²) in [5.41, 5.74) is 5.08. The van der Waals surface area contributed by atoms with Gasteiger partial charge in [0, 0.05) is 18.7 Å². The molecule has 18 heavy (non-hydrogen) atoms. The van der Waals surface area contributed by atoms with Crippen LogP contribution >= 0.6 is 0 Å². The summed E-state index contributed by atoms with van der Waals surface area (Å²) < 4.78 is 5.83. The van der Waals surface area contributed by atoms with Crippen LogP contribution in [-0.4, -0.2) is 24.8 Å². The lowest BCUT2D eigenvalue weighted by atomic mass is 9.83. The van der Waals surface area contributed by atoms with Crippen molar-refractivity contribution < 1.29 is 9.84 Å². The highest BCUT2D eigenvalue weighted by Gasteiger charge is 2.26. The zero-order chi connectivity index (χ0) is 12.5. The second kappa shape index (κ2) is 4.90. The Morgan fingerprint density at radius 2 is 2.06 bits per heavy atom. The number of morpholine rings is 1. The van der Waals surface area contributed by atoms with E-state index in [4.69, 9.17) is 4.74 Å². The summed E-state index contributed by atoms with van der Waals surface area (Å²) in [5.74, 6) is 0.418. The van der Waals surface area contributed by atoms with Crippen molar-refractivity contribution in [3.8, 4) is 5.75 Å². The van der Waals surface area contributed by atoms with Gasteiger partial charge in [-0.25, -0.2) is 0 Å². The Balaban J connectivity index is 2.06. The van der Waals surface area contributed by atoms with E-state index in [2.05, 4.69) is 12.2 Å². The monoisotopic (exact) mass is 247 g/mol. The molecule has 1 heterocycles. The van der Waals surface area contributed by atoms with Crippen LogP contribution in [0.15, 0.2) is 6.07 Å². The zero-order valence-electron chi connectivity index (χ0n) is 11.0. The van der Waals surface area contributed by atoms with E-state index in [0.717, 1.165) is 38.1 Å². The van der Waals surface area contributed by atoms with Gasteiger partial charge >= 0.3 is 0 Å². The molecule has 1 aliphatic heterocycles. The highest BCUT2D eigenvalue weighted by atomic mass is 16.5. The molecule has 0 radical (unpaired) electrons. The third kappa shape index (κ3) is 2.02. The lowest BCUT2D eigenvalue weighted by molar-refractivity contribution is 0.0256. The molecule has 2 aliphatic rings. The van der Waals surface area contributed by atoms with Crippen LogP contribution in [0.1, 0.15) is 41.2 Å². The highest BCUT2D eigenvalue weighted by molar-refractivity contribution is 5.51. The van der Waals surface area contributed by atoms with E-state index in [1.165, 1.54) is 29.5 Å². The van der Waals surface area contributed by atoms with E-state index in [0.29, 0.717) is 5.75 Å². The topological polar surface area (TPSA) is 41.5 Å². The van der Waals surface area contributed by atoms with Gasteiger partial charge in [0.15, 0.2) is 0 Å². The van der Waals surface area contributed by atoms with Crippen LogP contribution in [0.5, 0.6) is 5.75 Å². The Kier molecular flexibility index (Phi) is 3.27. The molecular formula is C15H21NO2.